The summed E-state index contributed by atoms with van der Waals surface area (Å²) in [7, 11) is 0. The maximum Gasteiger partial charge on any atom is 0.320 e. The van der Waals surface area contributed by atoms with Crippen molar-refractivity contribution < 1.29 is 18.3 Å². The van der Waals surface area contributed by atoms with E-state index >= 15 is 0 Å². The van der Waals surface area contributed by atoms with Crippen LogP contribution in [0.1, 0.15) is 18.4 Å². The molecule has 0 spiro atoms. The van der Waals surface area contributed by atoms with Gasteiger partial charge in [-0.2, -0.15) is 8.78 Å². The van der Waals surface area contributed by atoms with Gasteiger partial charge in [0.05, 0.1) is 6.61 Å². The molecule has 1 unspecified atom stereocenters. The predicted octanol–water partition coefficient (Wildman–Crippen LogP) is 3.29. The van der Waals surface area contributed by atoms with Crippen molar-refractivity contribution in [3.63, 3.8) is 0 Å². The average Bonchev–Trinajstić information content (AvgIpc) is 2.30. The molecule has 1 aromatic rings. The van der Waals surface area contributed by atoms with Gasteiger partial charge in [-0.05, 0) is 18.7 Å². The highest BCUT2D eigenvalue weighted by molar-refractivity contribution is 7.99. The van der Waals surface area contributed by atoms with Crippen molar-refractivity contribution in [1.29, 1.82) is 0 Å². The molecule has 0 heterocycles. The lowest BCUT2D eigenvalue weighted by molar-refractivity contribution is -0.150. The lowest BCUT2D eigenvalue weighted by Gasteiger charge is -2.23. The second-order valence-electron chi connectivity index (χ2n) is 3.36. The Balaban J connectivity index is 3.07. The zero-order valence-corrected chi connectivity index (χ0v) is 10.5. The van der Waals surface area contributed by atoms with Crippen molar-refractivity contribution in [1.82, 2.24) is 0 Å². The number of hydrogen-bond acceptors (Lipinski definition) is 3. The zero-order chi connectivity index (χ0) is 12.9. The SMILES string of the molecule is CCOC(=O)C(c1ccccc1)C(F)(F)SC. The normalized spacial score (nSPS) is 13.2. The summed E-state index contributed by atoms with van der Waals surface area (Å²) in [5.74, 6) is -2.45. The first-order valence-corrected chi connectivity index (χ1v) is 6.40. The highest BCUT2D eigenvalue weighted by atomic mass is 32.2. The number of ether oxygens (including phenoxy) is 1. The van der Waals surface area contributed by atoms with Crippen LogP contribution in [0.2, 0.25) is 0 Å². The minimum atomic E-state index is -3.17. The fourth-order valence-electron chi connectivity index (χ4n) is 1.46. The molecule has 1 atom stereocenters. The lowest BCUT2D eigenvalue weighted by atomic mass is 9.99. The Hall–Kier alpha value is -1.10. The Morgan fingerprint density at radius 2 is 2.00 bits per heavy atom. The quantitative estimate of drug-likeness (QED) is 0.760. The van der Waals surface area contributed by atoms with Gasteiger partial charge >= 0.3 is 11.2 Å². The molecular weight excluding hydrogens is 246 g/mol. The molecule has 0 saturated carbocycles. The van der Waals surface area contributed by atoms with E-state index in [0.29, 0.717) is 11.8 Å². The second kappa shape index (κ2) is 6.00. The van der Waals surface area contributed by atoms with E-state index in [4.69, 9.17) is 4.74 Å². The number of thioether (sulfide) groups is 1. The van der Waals surface area contributed by atoms with Gasteiger partial charge < -0.3 is 4.74 Å². The Morgan fingerprint density at radius 1 is 1.41 bits per heavy atom. The molecule has 0 N–H and O–H groups in total. The monoisotopic (exact) mass is 260 g/mol. The first-order valence-electron chi connectivity index (χ1n) is 5.17. The molecule has 0 radical (unpaired) electrons. The molecule has 0 fully saturated rings. The largest absolute Gasteiger partial charge is 0.465 e. The van der Waals surface area contributed by atoms with Crippen LogP contribution in [0.5, 0.6) is 0 Å². The van der Waals surface area contributed by atoms with E-state index in [1.54, 1.807) is 25.1 Å². The van der Waals surface area contributed by atoms with Crippen molar-refractivity contribution in [2.45, 2.75) is 18.1 Å². The maximum atomic E-state index is 13.7. The molecule has 0 aromatic heterocycles. The molecule has 0 saturated heterocycles. The minimum absolute atomic E-state index is 0.0899. The molecule has 1 rings (SSSR count). The Kier molecular flexibility index (Phi) is 4.93. The lowest BCUT2D eigenvalue weighted by Crippen LogP contribution is -2.31. The third-order valence-electron chi connectivity index (χ3n) is 2.26. The Bertz CT molecular complexity index is 368. The van der Waals surface area contributed by atoms with Gasteiger partial charge in [0.1, 0.15) is 0 Å². The van der Waals surface area contributed by atoms with Gasteiger partial charge in [0.15, 0.2) is 5.92 Å². The van der Waals surface area contributed by atoms with E-state index in [1.807, 2.05) is 0 Å². The van der Waals surface area contributed by atoms with E-state index in [0.717, 1.165) is 0 Å². The summed E-state index contributed by atoms with van der Waals surface area (Å²) in [4.78, 5) is 11.6. The summed E-state index contributed by atoms with van der Waals surface area (Å²) in [5, 5.41) is -3.17. The molecule has 5 heteroatoms. The van der Waals surface area contributed by atoms with E-state index < -0.39 is 17.1 Å². The van der Waals surface area contributed by atoms with E-state index in [1.165, 1.54) is 18.4 Å². The number of alkyl halides is 2. The zero-order valence-electron chi connectivity index (χ0n) is 9.65. The number of halogens is 2. The summed E-state index contributed by atoms with van der Waals surface area (Å²) < 4.78 is 32.2. The standard InChI is InChI=1S/C12H14F2O2S/c1-3-16-11(15)10(12(13,14)17-2)9-7-5-4-6-8-9/h4-8,10H,3H2,1-2H3. The molecule has 94 valence electrons. The van der Waals surface area contributed by atoms with E-state index in [9.17, 15) is 13.6 Å². The van der Waals surface area contributed by atoms with Crippen LogP contribution >= 0.6 is 11.8 Å². The Labute approximate surface area is 103 Å². The van der Waals surface area contributed by atoms with E-state index in [-0.39, 0.29) is 12.2 Å². The van der Waals surface area contributed by atoms with Gasteiger partial charge in [0.2, 0.25) is 0 Å². The van der Waals surface area contributed by atoms with Crippen LogP contribution in [0.3, 0.4) is 0 Å². The highest BCUT2D eigenvalue weighted by Crippen LogP contribution is 2.41. The number of esters is 1. The molecule has 0 aliphatic heterocycles. The van der Waals surface area contributed by atoms with Gasteiger partial charge in [-0.1, -0.05) is 42.1 Å². The van der Waals surface area contributed by atoms with Gasteiger partial charge in [-0.15, -0.1) is 0 Å². The van der Waals surface area contributed by atoms with Crippen LogP contribution < -0.4 is 0 Å². The van der Waals surface area contributed by atoms with Crippen LogP contribution in [-0.2, 0) is 9.53 Å². The number of carbonyl (C=O) groups is 1. The molecule has 1 aromatic carbocycles. The third kappa shape index (κ3) is 3.43. The van der Waals surface area contributed by atoms with E-state index in [2.05, 4.69) is 0 Å². The molecule has 0 aliphatic carbocycles. The van der Waals surface area contributed by atoms with Crippen molar-refractivity contribution >= 4 is 17.7 Å². The maximum absolute atomic E-state index is 13.7. The second-order valence-corrected chi connectivity index (χ2v) is 4.31. The van der Waals surface area contributed by atoms with Crippen LogP contribution in [0.25, 0.3) is 0 Å². The number of hydrogen-bond donors (Lipinski definition) is 0. The van der Waals surface area contributed by atoms with Gasteiger partial charge in [0, 0.05) is 0 Å². The third-order valence-corrected chi connectivity index (χ3v) is 3.04. The van der Waals surface area contributed by atoms with Gasteiger partial charge in [0.25, 0.3) is 0 Å². The van der Waals surface area contributed by atoms with Crippen LogP contribution in [0.15, 0.2) is 30.3 Å². The van der Waals surface area contributed by atoms with Crippen molar-refractivity contribution in [2.24, 2.45) is 0 Å². The molecule has 0 bridgehead atoms. The van der Waals surface area contributed by atoms with Crippen LogP contribution in [-0.4, -0.2) is 24.1 Å². The topological polar surface area (TPSA) is 26.3 Å². The van der Waals surface area contributed by atoms with Crippen LogP contribution in [0, 0.1) is 0 Å². The predicted molar refractivity (Wildman–Crippen MR) is 64.3 cm³/mol. The molecule has 0 aliphatic rings. The minimum Gasteiger partial charge on any atom is -0.465 e. The summed E-state index contributed by atoms with van der Waals surface area (Å²) >= 11 is 0.350. The number of benzene rings is 1. The average molecular weight is 260 g/mol. The molecule has 2 nitrogen and oxygen atoms in total. The molecule has 0 amide bonds. The number of rotatable bonds is 5. The molecular formula is C12H14F2O2S. The first-order chi connectivity index (χ1) is 8.03. The fraction of sp³-hybridized carbons (Fsp3) is 0.417. The van der Waals surface area contributed by atoms with Crippen molar-refractivity contribution in [2.75, 3.05) is 12.9 Å². The van der Waals surface area contributed by atoms with Crippen molar-refractivity contribution in [3.8, 4) is 0 Å². The molecule has 17 heavy (non-hydrogen) atoms. The summed E-state index contributed by atoms with van der Waals surface area (Å²) in [6, 6.07) is 7.97. The van der Waals surface area contributed by atoms with Gasteiger partial charge in [-0.3, -0.25) is 4.79 Å². The first kappa shape index (κ1) is 14.0. The summed E-state index contributed by atoms with van der Waals surface area (Å²) in [6.45, 7) is 1.68. The summed E-state index contributed by atoms with van der Waals surface area (Å²) in [6.07, 6.45) is 1.27. The number of carbonyl (C=O) groups excluding carboxylic acids is 1. The van der Waals surface area contributed by atoms with Crippen molar-refractivity contribution in [3.05, 3.63) is 35.9 Å². The van der Waals surface area contributed by atoms with Crippen LogP contribution in [0.4, 0.5) is 8.78 Å². The fourth-order valence-corrected chi connectivity index (χ4v) is 1.92. The smallest absolute Gasteiger partial charge is 0.320 e. The van der Waals surface area contributed by atoms with Gasteiger partial charge in [-0.25, -0.2) is 0 Å². The summed E-state index contributed by atoms with van der Waals surface area (Å²) in [5.41, 5.74) is 0.269. The Morgan fingerprint density at radius 3 is 2.47 bits per heavy atom. The highest BCUT2D eigenvalue weighted by Gasteiger charge is 2.45.